The van der Waals surface area contributed by atoms with Gasteiger partial charge in [0, 0.05) is 18.6 Å². The molecule has 1 saturated heterocycles. The molecule has 0 spiro atoms. The highest BCUT2D eigenvalue weighted by Gasteiger charge is 2.33. The summed E-state index contributed by atoms with van der Waals surface area (Å²) in [6.45, 7) is 12.9. The van der Waals surface area contributed by atoms with Crippen LogP contribution in [0.3, 0.4) is 0 Å². The summed E-state index contributed by atoms with van der Waals surface area (Å²) in [6.07, 6.45) is 1.51. The van der Waals surface area contributed by atoms with Crippen LogP contribution in [-0.2, 0) is 4.74 Å². The molecule has 106 valence electrons. The molecule has 1 heterocycles. The zero-order valence-electron chi connectivity index (χ0n) is 12.9. The van der Waals surface area contributed by atoms with Gasteiger partial charge in [-0.3, -0.25) is 0 Å². The topological polar surface area (TPSA) is 21.3 Å². The smallest absolute Gasteiger partial charge is 0.0594 e. The Hall–Kier alpha value is -0.860. The number of hydrogen-bond acceptors (Lipinski definition) is 2. The molecule has 1 aliphatic rings. The van der Waals surface area contributed by atoms with Crippen LogP contribution in [0.25, 0.3) is 0 Å². The summed E-state index contributed by atoms with van der Waals surface area (Å²) >= 11 is 0. The molecule has 1 N–H and O–H groups in total. The number of benzene rings is 1. The van der Waals surface area contributed by atoms with Gasteiger partial charge in [-0.15, -0.1) is 0 Å². The van der Waals surface area contributed by atoms with Crippen molar-refractivity contribution in [2.24, 2.45) is 5.92 Å². The van der Waals surface area contributed by atoms with Gasteiger partial charge in [0.1, 0.15) is 0 Å². The van der Waals surface area contributed by atoms with Gasteiger partial charge in [0.15, 0.2) is 0 Å². The summed E-state index contributed by atoms with van der Waals surface area (Å²) in [5.74, 6) is 0.584. The van der Waals surface area contributed by atoms with Crippen LogP contribution in [0, 0.1) is 26.7 Å². The van der Waals surface area contributed by atoms with Gasteiger partial charge >= 0.3 is 0 Å². The molecule has 2 heteroatoms. The van der Waals surface area contributed by atoms with E-state index in [2.05, 4.69) is 52.1 Å². The van der Waals surface area contributed by atoms with Crippen molar-refractivity contribution in [2.45, 2.75) is 53.2 Å². The monoisotopic (exact) mass is 261 g/mol. The fourth-order valence-electron chi connectivity index (χ4n) is 3.22. The molecule has 0 bridgehead atoms. The van der Waals surface area contributed by atoms with Gasteiger partial charge in [0.2, 0.25) is 0 Å². The summed E-state index contributed by atoms with van der Waals surface area (Å²) < 4.78 is 5.77. The van der Waals surface area contributed by atoms with Gasteiger partial charge in [-0.05, 0) is 62.9 Å². The Bertz CT molecular complexity index is 441. The van der Waals surface area contributed by atoms with E-state index < -0.39 is 0 Å². The lowest BCUT2D eigenvalue weighted by Crippen LogP contribution is -2.32. The Balaban J connectivity index is 2.35. The van der Waals surface area contributed by atoms with Crippen molar-refractivity contribution in [3.63, 3.8) is 0 Å². The first-order valence-corrected chi connectivity index (χ1v) is 7.47. The van der Waals surface area contributed by atoms with Crippen molar-refractivity contribution in [3.05, 3.63) is 34.4 Å². The van der Waals surface area contributed by atoms with Gasteiger partial charge in [-0.2, -0.15) is 0 Å². The van der Waals surface area contributed by atoms with Crippen molar-refractivity contribution >= 4 is 0 Å². The van der Waals surface area contributed by atoms with Gasteiger partial charge in [-0.1, -0.05) is 19.1 Å². The Morgan fingerprint density at radius 3 is 2.47 bits per heavy atom. The van der Waals surface area contributed by atoms with Crippen LogP contribution in [-0.4, -0.2) is 19.3 Å². The van der Waals surface area contributed by atoms with Crippen LogP contribution in [0.5, 0.6) is 0 Å². The molecule has 0 radical (unpaired) electrons. The molecular weight excluding hydrogens is 234 g/mol. The van der Waals surface area contributed by atoms with E-state index in [1.807, 2.05) is 0 Å². The predicted octanol–water partition coefficient (Wildman–Crippen LogP) is 3.69. The third-order valence-electron chi connectivity index (χ3n) is 4.50. The predicted molar refractivity (Wildman–Crippen MR) is 80.6 cm³/mol. The highest BCUT2D eigenvalue weighted by molar-refractivity contribution is 5.38. The molecule has 2 nitrogen and oxygen atoms in total. The average molecular weight is 261 g/mol. The second kappa shape index (κ2) is 6.06. The van der Waals surface area contributed by atoms with E-state index in [4.69, 9.17) is 4.74 Å². The third-order valence-corrected chi connectivity index (χ3v) is 4.50. The number of nitrogens with one attached hydrogen (secondary N) is 1. The maximum atomic E-state index is 5.77. The van der Waals surface area contributed by atoms with Crippen molar-refractivity contribution in [2.75, 3.05) is 13.2 Å². The molecule has 0 aromatic heterocycles. The second-order valence-electron chi connectivity index (χ2n) is 5.86. The first kappa shape index (κ1) is 14.5. The third kappa shape index (κ3) is 3.01. The normalized spacial score (nSPS) is 24.7. The lowest BCUT2D eigenvalue weighted by molar-refractivity contribution is 0.0955. The molecular formula is C17H27NO. The minimum absolute atomic E-state index is 0.352. The number of rotatable bonds is 4. The minimum Gasteiger partial charge on any atom is -0.378 e. The maximum Gasteiger partial charge on any atom is 0.0594 e. The number of aryl methyl sites for hydroxylation is 3. The summed E-state index contributed by atoms with van der Waals surface area (Å²) in [7, 11) is 0. The Morgan fingerprint density at radius 1 is 1.21 bits per heavy atom. The van der Waals surface area contributed by atoms with E-state index in [1.54, 1.807) is 0 Å². The summed E-state index contributed by atoms with van der Waals surface area (Å²) in [5.41, 5.74) is 5.61. The van der Waals surface area contributed by atoms with E-state index in [0.717, 1.165) is 19.6 Å². The molecule has 3 atom stereocenters. The lowest BCUT2D eigenvalue weighted by atomic mass is 9.85. The van der Waals surface area contributed by atoms with Gasteiger partial charge in [0.25, 0.3) is 0 Å². The van der Waals surface area contributed by atoms with Gasteiger partial charge < -0.3 is 10.1 Å². The molecule has 0 amide bonds. The quantitative estimate of drug-likeness (QED) is 0.892. The average Bonchev–Trinajstić information content (AvgIpc) is 2.77. The molecule has 1 aromatic carbocycles. The summed E-state index contributed by atoms with van der Waals surface area (Å²) in [5, 5.41) is 3.68. The van der Waals surface area contributed by atoms with Crippen LogP contribution >= 0.6 is 0 Å². The maximum absolute atomic E-state index is 5.77. The lowest BCUT2D eigenvalue weighted by Gasteiger charge is -2.29. The Labute approximate surface area is 117 Å². The second-order valence-corrected chi connectivity index (χ2v) is 5.86. The van der Waals surface area contributed by atoms with Crippen molar-refractivity contribution < 1.29 is 4.74 Å². The van der Waals surface area contributed by atoms with Crippen LogP contribution in [0.2, 0.25) is 0 Å². The molecule has 19 heavy (non-hydrogen) atoms. The SMILES string of the molecule is CCNC(c1cc(C)c(C)cc1C)C1CCOC1C. The molecule has 3 unspecified atom stereocenters. The standard InChI is InChI=1S/C17H27NO/c1-6-18-17(15-7-8-19-14(15)5)16-10-12(3)11(2)9-13(16)4/h9-10,14-15,17-18H,6-8H2,1-5H3. The Kier molecular flexibility index (Phi) is 4.64. The van der Waals surface area contributed by atoms with Crippen LogP contribution in [0.15, 0.2) is 12.1 Å². The first-order valence-electron chi connectivity index (χ1n) is 7.47. The molecule has 1 fully saturated rings. The van der Waals surface area contributed by atoms with Crippen LogP contribution in [0.4, 0.5) is 0 Å². The zero-order chi connectivity index (χ0) is 14.0. The molecule has 0 saturated carbocycles. The fraction of sp³-hybridized carbons (Fsp3) is 0.647. The highest BCUT2D eigenvalue weighted by atomic mass is 16.5. The van der Waals surface area contributed by atoms with E-state index in [-0.39, 0.29) is 0 Å². The summed E-state index contributed by atoms with van der Waals surface area (Å²) in [6, 6.07) is 5.10. The van der Waals surface area contributed by atoms with Gasteiger partial charge in [-0.25, -0.2) is 0 Å². The van der Waals surface area contributed by atoms with Gasteiger partial charge in [0.05, 0.1) is 6.10 Å². The molecule has 0 aliphatic carbocycles. The van der Waals surface area contributed by atoms with Crippen LogP contribution < -0.4 is 5.32 Å². The van der Waals surface area contributed by atoms with Crippen molar-refractivity contribution in [3.8, 4) is 0 Å². The van der Waals surface area contributed by atoms with Crippen molar-refractivity contribution in [1.82, 2.24) is 5.32 Å². The van der Waals surface area contributed by atoms with E-state index in [9.17, 15) is 0 Å². The summed E-state index contributed by atoms with van der Waals surface area (Å²) in [4.78, 5) is 0. The largest absolute Gasteiger partial charge is 0.378 e. The Morgan fingerprint density at radius 2 is 1.89 bits per heavy atom. The van der Waals surface area contributed by atoms with E-state index in [1.165, 1.54) is 22.3 Å². The molecule has 1 aromatic rings. The van der Waals surface area contributed by atoms with E-state index in [0.29, 0.717) is 18.1 Å². The first-order chi connectivity index (χ1) is 9.04. The van der Waals surface area contributed by atoms with Crippen molar-refractivity contribution in [1.29, 1.82) is 0 Å². The number of hydrogen-bond donors (Lipinski definition) is 1. The fourth-order valence-corrected chi connectivity index (χ4v) is 3.22. The minimum atomic E-state index is 0.352. The van der Waals surface area contributed by atoms with Crippen LogP contribution in [0.1, 0.15) is 48.6 Å². The highest BCUT2D eigenvalue weighted by Crippen LogP contribution is 2.35. The number of ether oxygens (including phenoxy) is 1. The van der Waals surface area contributed by atoms with E-state index >= 15 is 0 Å². The molecule has 1 aliphatic heterocycles. The molecule has 2 rings (SSSR count). The zero-order valence-corrected chi connectivity index (χ0v) is 12.9.